The zero-order valence-corrected chi connectivity index (χ0v) is 25.7. The molecule has 3 amide bonds. The molecule has 2 bridgehead atoms. The Morgan fingerprint density at radius 3 is 2.70 bits per heavy atom. The summed E-state index contributed by atoms with van der Waals surface area (Å²) < 4.78 is 38.6. The number of hydrogen-bond acceptors (Lipinski definition) is 6. The molecule has 13 unspecified atom stereocenters. The van der Waals surface area contributed by atoms with E-state index in [4.69, 9.17) is 4.74 Å². The molecule has 7 fully saturated rings. The Morgan fingerprint density at radius 2 is 1.91 bits per heavy atom. The second-order valence-corrected chi connectivity index (χ2v) is 14.5. The first-order valence-corrected chi connectivity index (χ1v) is 16.9. The molecule has 6 heterocycles. The number of piperidine rings is 2. The number of urea groups is 1. The van der Waals surface area contributed by atoms with Crippen molar-refractivity contribution >= 4 is 11.9 Å². The quantitative estimate of drug-likeness (QED) is 0.430. The van der Waals surface area contributed by atoms with Crippen LogP contribution in [0.3, 0.4) is 0 Å². The second kappa shape index (κ2) is 11.8. The van der Waals surface area contributed by atoms with Crippen molar-refractivity contribution in [2.75, 3.05) is 26.2 Å². The lowest BCUT2D eigenvalue weighted by Gasteiger charge is -2.60. The minimum atomic E-state index is -1.25. The maximum Gasteiger partial charge on any atom is 0.320 e. The van der Waals surface area contributed by atoms with E-state index < -0.39 is 30.5 Å². The Bertz CT molecular complexity index is 1080. The average Bonchev–Trinajstić information content (AvgIpc) is 3.29. The van der Waals surface area contributed by atoms with Crippen molar-refractivity contribution < 1.29 is 23.1 Å². The third-order valence-corrected chi connectivity index (χ3v) is 12.1. The van der Waals surface area contributed by atoms with Crippen LogP contribution in [0.2, 0.25) is 0 Å². The Hall–Kier alpha value is -1.82. The monoisotopic (exact) mass is 604 g/mol. The van der Waals surface area contributed by atoms with Crippen LogP contribution in [0, 0.1) is 23.7 Å². The molecule has 1 saturated carbocycles. The van der Waals surface area contributed by atoms with Gasteiger partial charge in [-0.25, -0.2) is 13.6 Å². The van der Waals surface area contributed by atoms with Gasteiger partial charge in [0.15, 0.2) is 0 Å². The summed E-state index contributed by atoms with van der Waals surface area (Å²) in [4.78, 5) is 33.0. The average molecular weight is 605 g/mol. The van der Waals surface area contributed by atoms with Crippen LogP contribution in [-0.2, 0) is 9.53 Å². The third-order valence-electron chi connectivity index (χ3n) is 12.1. The maximum absolute atomic E-state index is 16.5. The number of nitrogens with one attached hydrogen (secondary N) is 3. The molecule has 3 N–H and O–H groups in total. The van der Waals surface area contributed by atoms with Crippen molar-refractivity contribution in [2.24, 2.45) is 23.7 Å². The number of fused-ring (bicyclic) bond motifs is 6. The van der Waals surface area contributed by atoms with E-state index in [2.05, 4.69) is 41.3 Å². The highest BCUT2D eigenvalue weighted by Gasteiger charge is 2.60. The van der Waals surface area contributed by atoms with Gasteiger partial charge in [0.05, 0.1) is 30.5 Å². The number of amides is 3. The summed E-state index contributed by atoms with van der Waals surface area (Å²) in [5, 5.41) is 10.7. The van der Waals surface area contributed by atoms with E-state index in [1.54, 1.807) is 0 Å². The molecule has 7 rings (SSSR count). The Labute approximate surface area is 254 Å². The number of ether oxygens (including phenoxy) is 1. The van der Waals surface area contributed by atoms with Crippen LogP contribution in [0.25, 0.3) is 0 Å². The van der Waals surface area contributed by atoms with Crippen LogP contribution < -0.4 is 16.0 Å². The summed E-state index contributed by atoms with van der Waals surface area (Å²) >= 11 is 0. The summed E-state index contributed by atoms with van der Waals surface area (Å²) in [6.45, 7) is 10.8. The van der Waals surface area contributed by atoms with Crippen molar-refractivity contribution in [1.29, 1.82) is 0 Å². The first kappa shape index (κ1) is 29.9. The Kier molecular flexibility index (Phi) is 8.22. The van der Waals surface area contributed by atoms with E-state index in [9.17, 15) is 9.59 Å². The van der Waals surface area contributed by atoms with Gasteiger partial charge in [-0.15, -0.1) is 0 Å². The highest BCUT2D eigenvalue weighted by atomic mass is 19.1. The predicted octanol–water partition coefficient (Wildman–Crippen LogP) is 2.77. The molecular weight excluding hydrogens is 554 g/mol. The molecule has 1 aliphatic carbocycles. The van der Waals surface area contributed by atoms with E-state index in [0.717, 1.165) is 51.6 Å². The van der Waals surface area contributed by atoms with Gasteiger partial charge in [0.1, 0.15) is 12.3 Å². The normalized spacial score (nSPS) is 46.8. The molecule has 43 heavy (non-hydrogen) atoms. The fourth-order valence-electron chi connectivity index (χ4n) is 10.1. The number of likely N-dealkylation sites (tertiary alicyclic amines) is 2. The van der Waals surface area contributed by atoms with Crippen LogP contribution in [0.1, 0.15) is 65.2 Å². The topological polar surface area (TPSA) is 89.2 Å². The summed E-state index contributed by atoms with van der Waals surface area (Å²) in [5.74, 6) is -0.258. The molecule has 11 heteroatoms. The maximum atomic E-state index is 16.5. The molecule has 13 atom stereocenters. The summed E-state index contributed by atoms with van der Waals surface area (Å²) in [5.41, 5.74) is 0. The number of carbonyl (C=O) groups excluding carboxylic acids is 2. The van der Waals surface area contributed by atoms with Gasteiger partial charge >= 0.3 is 6.03 Å². The van der Waals surface area contributed by atoms with E-state index >= 15 is 8.78 Å². The molecule has 240 valence electrons. The number of alkyl halides is 2. The Balaban J connectivity index is 1.25. The highest BCUT2D eigenvalue weighted by molar-refractivity contribution is 5.88. The highest BCUT2D eigenvalue weighted by Crippen LogP contribution is 2.45. The lowest BCUT2D eigenvalue weighted by atomic mass is 9.72. The van der Waals surface area contributed by atoms with Gasteiger partial charge in [0.2, 0.25) is 5.91 Å². The first-order valence-electron chi connectivity index (χ1n) is 16.9. The zero-order chi connectivity index (χ0) is 30.0. The van der Waals surface area contributed by atoms with Crippen molar-refractivity contribution in [3.05, 3.63) is 12.7 Å². The second-order valence-electron chi connectivity index (χ2n) is 14.5. The van der Waals surface area contributed by atoms with Gasteiger partial charge in [-0.3, -0.25) is 15.0 Å². The van der Waals surface area contributed by atoms with Gasteiger partial charge in [0, 0.05) is 49.7 Å². The van der Waals surface area contributed by atoms with Crippen molar-refractivity contribution in [3.63, 3.8) is 0 Å². The standard InChI is InChI=1S/C32H50F2N6O3/c1-4-25(41)39-16-23-22(39)11-13-38(23)30-19-15-21(34)28-26-20(33)8-5-9-24(26)43-14-6-7-18-10-12-35-27(17(2)3)29(18)40(31(19)36-28)32(42)37-30/h4,17-24,26-31,35-36H,1,5-16H2,2-3H3,(H,37,42). The zero-order valence-electron chi connectivity index (χ0n) is 25.7. The van der Waals surface area contributed by atoms with Gasteiger partial charge in [-0.1, -0.05) is 20.4 Å². The fraction of sp³-hybridized carbons (Fsp3) is 0.875. The lowest BCUT2D eigenvalue weighted by Crippen LogP contribution is -2.80. The van der Waals surface area contributed by atoms with Crippen molar-refractivity contribution in [1.82, 2.24) is 30.7 Å². The number of nitrogens with zero attached hydrogens (tertiary/aromatic N) is 3. The molecule has 9 nitrogen and oxygen atoms in total. The summed E-state index contributed by atoms with van der Waals surface area (Å²) in [7, 11) is 0. The van der Waals surface area contributed by atoms with Crippen LogP contribution in [0.5, 0.6) is 0 Å². The van der Waals surface area contributed by atoms with Crippen LogP contribution in [-0.4, -0.2) is 114 Å². The molecule has 0 aromatic heterocycles. The van der Waals surface area contributed by atoms with Crippen LogP contribution in [0.4, 0.5) is 13.6 Å². The smallest absolute Gasteiger partial charge is 0.320 e. The third kappa shape index (κ3) is 5.00. The first-order chi connectivity index (χ1) is 20.8. The van der Waals surface area contributed by atoms with Gasteiger partial charge in [0.25, 0.3) is 0 Å². The number of carbonyl (C=O) groups is 2. The molecular formula is C32H50F2N6O3. The lowest BCUT2D eigenvalue weighted by molar-refractivity contribution is -0.141. The van der Waals surface area contributed by atoms with E-state index in [1.807, 2.05) is 9.80 Å². The molecule has 0 radical (unpaired) electrons. The molecule has 0 aromatic rings. The summed E-state index contributed by atoms with van der Waals surface area (Å²) in [6.07, 6.45) is 3.66. The predicted molar refractivity (Wildman–Crippen MR) is 158 cm³/mol. The van der Waals surface area contributed by atoms with E-state index in [0.29, 0.717) is 31.4 Å². The molecule has 7 aliphatic rings. The Morgan fingerprint density at radius 1 is 1.07 bits per heavy atom. The number of halogens is 2. The van der Waals surface area contributed by atoms with E-state index in [1.165, 1.54) is 6.08 Å². The molecule has 6 saturated heterocycles. The SMILES string of the molecule is C=CC(=O)N1CC2C1CCN2C1NC(=O)N2C3NC(C(F)CC13)C1C(F)CCCC1OCCCC1CCNC(C(C)C)C12. The van der Waals surface area contributed by atoms with E-state index in [-0.39, 0.29) is 60.7 Å². The van der Waals surface area contributed by atoms with Crippen molar-refractivity contribution in [2.45, 2.75) is 126 Å². The summed E-state index contributed by atoms with van der Waals surface area (Å²) in [6, 6.07) is -0.574. The largest absolute Gasteiger partial charge is 0.378 e. The van der Waals surface area contributed by atoms with Gasteiger partial charge in [-0.05, 0) is 75.8 Å². The molecule has 0 spiro atoms. The minimum absolute atomic E-state index is 0.0622. The van der Waals surface area contributed by atoms with Gasteiger partial charge in [-0.2, -0.15) is 0 Å². The van der Waals surface area contributed by atoms with Crippen LogP contribution >= 0.6 is 0 Å². The van der Waals surface area contributed by atoms with Crippen molar-refractivity contribution in [3.8, 4) is 0 Å². The number of hydrogen-bond donors (Lipinski definition) is 3. The molecule has 6 aliphatic heterocycles. The molecule has 0 aromatic carbocycles. The van der Waals surface area contributed by atoms with Crippen LogP contribution in [0.15, 0.2) is 12.7 Å². The van der Waals surface area contributed by atoms with Gasteiger partial charge < -0.3 is 25.2 Å². The fourth-order valence-corrected chi connectivity index (χ4v) is 10.1. The minimum Gasteiger partial charge on any atom is -0.378 e. The number of rotatable bonds is 3.